The molecule has 1 unspecified atom stereocenters. The number of fused-ring (bicyclic) bond motifs is 2. The molecule has 5 heteroatoms. The quantitative estimate of drug-likeness (QED) is 0.828. The molecular formula is C21H26N4S. The summed E-state index contributed by atoms with van der Waals surface area (Å²) in [5.74, 6) is 0.951. The second-order valence-electron chi connectivity index (χ2n) is 7.77. The summed E-state index contributed by atoms with van der Waals surface area (Å²) in [4.78, 5) is 12.3. The lowest BCUT2D eigenvalue weighted by molar-refractivity contribution is 0.599. The minimum atomic E-state index is 0.488. The first-order valence-electron chi connectivity index (χ1n) is 9.81. The first-order valence-corrected chi connectivity index (χ1v) is 11.0. The number of rotatable bonds is 4. The predicted molar refractivity (Wildman–Crippen MR) is 109 cm³/mol. The standard InChI is InChI=1S/C21H26N4S/c1-13-11-15(12-14-7-8-18(19(13)14)24-26-2)20-16-5-3-6-17(16)22-21(23-20)25-9-4-10-25/h11-12,18,24H,3-10H2,1-2H3. The number of anilines is 1. The Morgan fingerprint density at radius 3 is 2.77 bits per heavy atom. The van der Waals surface area contributed by atoms with Crippen LogP contribution in [0.4, 0.5) is 5.95 Å². The van der Waals surface area contributed by atoms with Gasteiger partial charge >= 0.3 is 0 Å². The van der Waals surface area contributed by atoms with Crippen LogP contribution in [-0.2, 0) is 19.3 Å². The summed E-state index contributed by atoms with van der Waals surface area (Å²) in [7, 11) is 0. The van der Waals surface area contributed by atoms with Crippen LogP contribution in [0.15, 0.2) is 12.1 Å². The first kappa shape index (κ1) is 16.6. The van der Waals surface area contributed by atoms with E-state index >= 15 is 0 Å². The van der Waals surface area contributed by atoms with Crippen LogP contribution in [0.1, 0.15) is 53.3 Å². The van der Waals surface area contributed by atoms with Gasteiger partial charge in [-0.1, -0.05) is 11.9 Å². The van der Waals surface area contributed by atoms with E-state index < -0.39 is 0 Å². The number of nitrogens with one attached hydrogen (secondary N) is 1. The molecule has 136 valence electrons. The van der Waals surface area contributed by atoms with Gasteiger partial charge in [0.15, 0.2) is 0 Å². The lowest BCUT2D eigenvalue weighted by atomic mass is 9.95. The van der Waals surface area contributed by atoms with Crippen molar-refractivity contribution in [2.75, 3.05) is 24.2 Å². The highest BCUT2D eigenvalue weighted by Gasteiger charge is 2.28. The van der Waals surface area contributed by atoms with Crippen molar-refractivity contribution in [3.8, 4) is 11.3 Å². The Kier molecular flexibility index (Phi) is 4.17. The van der Waals surface area contributed by atoms with Gasteiger partial charge in [-0.15, -0.1) is 0 Å². The zero-order chi connectivity index (χ0) is 17.7. The van der Waals surface area contributed by atoms with Crippen molar-refractivity contribution in [1.82, 2.24) is 14.7 Å². The van der Waals surface area contributed by atoms with Gasteiger partial charge in [0.1, 0.15) is 0 Å². The monoisotopic (exact) mass is 366 g/mol. The molecule has 5 rings (SSSR count). The molecule has 1 aromatic carbocycles. The van der Waals surface area contributed by atoms with Crippen molar-refractivity contribution in [2.24, 2.45) is 0 Å². The highest BCUT2D eigenvalue weighted by Crippen LogP contribution is 2.39. The SMILES string of the molecule is CSNC1CCc2cc(-c3nc(N4CCC4)nc4c3CCC4)cc(C)c21. The second-order valence-corrected chi connectivity index (χ2v) is 8.41. The zero-order valence-electron chi connectivity index (χ0n) is 15.6. The van der Waals surface area contributed by atoms with Gasteiger partial charge in [-0.2, -0.15) is 0 Å². The Morgan fingerprint density at radius 1 is 1.12 bits per heavy atom. The van der Waals surface area contributed by atoms with E-state index in [0.717, 1.165) is 38.3 Å². The molecule has 1 fully saturated rings. The van der Waals surface area contributed by atoms with Crippen molar-refractivity contribution in [3.63, 3.8) is 0 Å². The number of benzene rings is 1. The molecule has 0 spiro atoms. The second kappa shape index (κ2) is 6.54. The van der Waals surface area contributed by atoms with Gasteiger partial charge in [-0.3, -0.25) is 4.72 Å². The van der Waals surface area contributed by atoms with Crippen molar-refractivity contribution < 1.29 is 0 Å². The van der Waals surface area contributed by atoms with E-state index in [9.17, 15) is 0 Å². The van der Waals surface area contributed by atoms with Crippen LogP contribution in [0.3, 0.4) is 0 Å². The van der Waals surface area contributed by atoms with Crippen molar-refractivity contribution in [1.29, 1.82) is 0 Å². The molecule has 26 heavy (non-hydrogen) atoms. The molecule has 0 saturated carbocycles. The Balaban J connectivity index is 1.60. The molecule has 1 saturated heterocycles. The molecule has 4 nitrogen and oxygen atoms in total. The van der Waals surface area contributed by atoms with Gasteiger partial charge in [-0.25, -0.2) is 9.97 Å². The third-order valence-corrected chi connectivity index (χ3v) is 6.64. The van der Waals surface area contributed by atoms with Crippen LogP contribution in [0.5, 0.6) is 0 Å². The fourth-order valence-corrected chi connectivity index (χ4v) is 5.25. The van der Waals surface area contributed by atoms with Crippen LogP contribution >= 0.6 is 11.9 Å². The fraction of sp³-hybridized carbons (Fsp3) is 0.524. The van der Waals surface area contributed by atoms with E-state index in [0.29, 0.717) is 6.04 Å². The van der Waals surface area contributed by atoms with Crippen LogP contribution in [0.2, 0.25) is 0 Å². The summed E-state index contributed by atoms with van der Waals surface area (Å²) in [6.45, 7) is 4.47. The summed E-state index contributed by atoms with van der Waals surface area (Å²) < 4.78 is 3.57. The Bertz CT molecular complexity index is 860. The smallest absolute Gasteiger partial charge is 0.226 e. The van der Waals surface area contributed by atoms with Gasteiger partial charge in [0.05, 0.1) is 5.69 Å². The highest BCUT2D eigenvalue weighted by atomic mass is 32.2. The van der Waals surface area contributed by atoms with E-state index in [1.807, 2.05) is 0 Å². The molecule has 0 bridgehead atoms. The first-order chi connectivity index (χ1) is 12.7. The average Bonchev–Trinajstić information content (AvgIpc) is 3.20. The van der Waals surface area contributed by atoms with E-state index in [1.165, 1.54) is 58.5 Å². The maximum Gasteiger partial charge on any atom is 0.226 e. The summed E-state index contributed by atoms with van der Waals surface area (Å²) >= 11 is 1.73. The Hall–Kier alpha value is -1.59. The molecule has 2 aliphatic carbocycles. The summed E-state index contributed by atoms with van der Waals surface area (Å²) in [6, 6.07) is 5.26. The minimum absolute atomic E-state index is 0.488. The van der Waals surface area contributed by atoms with E-state index in [2.05, 4.69) is 34.9 Å². The zero-order valence-corrected chi connectivity index (χ0v) is 16.5. The molecular weight excluding hydrogens is 340 g/mol. The highest BCUT2D eigenvalue weighted by molar-refractivity contribution is 7.96. The summed E-state index contributed by atoms with van der Waals surface area (Å²) in [6.07, 6.45) is 9.17. The predicted octanol–water partition coefficient (Wildman–Crippen LogP) is 4.01. The van der Waals surface area contributed by atoms with Crippen molar-refractivity contribution >= 4 is 17.9 Å². The van der Waals surface area contributed by atoms with Crippen molar-refractivity contribution in [3.05, 3.63) is 40.1 Å². The van der Waals surface area contributed by atoms with Crippen LogP contribution < -0.4 is 9.62 Å². The molecule has 0 amide bonds. The third kappa shape index (κ3) is 2.64. The lowest BCUT2D eigenvalue weighted by Gasteiger charge is -2.31. The van der Waals surface area contributed by atoms with Crippen LogP contribution in [-0.4, -0.2) is 29.3 Å². The number of nitrogens with zero attached hydrogens (tertiary/aromatic N) is 3. The topological polar surface area (TPSA) is 41.1 Å². The molecule has 2 heterocycles. The number of hydrogen-bond donors (Lipinski definition) is 1. The maximum absolute atomic E-state index is 5.05. The molecule has 0 radical (unpaired) electrons. The number of aromatic nitrogens is 2. The van der Waals surface area contributed by atoms with Gasteiger partial charge in [0, 0.05) is 36.0 Å². The van der Waals surface area contributed by atoms with E-state index in [1.54, 1.807) is 11.9 Å². The van der Waals surface area contributed by atoms with Gasteiger partial charge in [0.25, 0.3) is 0 Å². The lowest BCUT2D eigenvalue weighted by Crippen LogP contribution is -2.38. The molecule has 1 N–H and O–H groups in total. The molecule has 1 atom stereocenters. The summed E-state index contributed by atoms with van der Waals surface area (Å²) in [5.41, 5.74) is 9.59. The molecule has 1 aliphatic heterocycles. The minimum Gasteiger partial charge on any atom is -0.341 e. The summed E-state index contributed by atoms with van der Waals surface area (Å²) in [5, 5.41) is 0. The van der Waals surface area contributed by atoms with Gasteiger partial charge in [-0.05, 0) is 80.5 Å². The maximum atomic E-state index is 5.05. The largest absolute Gasteiger partial charge is 0.341 e. The van der Waals surface area contributed by atoms with Crippen molar-refractivity contribution in [2.45, 2.75) is 51.5 Å². The molecule has 1 aromatic heterocycles. The average molecular weight is 367 g/mol. The molecule has 2 aromatic rings. The van der Waals surface area contributed by atoms with Crippen LogP contribution in [0.25, 0.3) is 11.3 Å². The Labute approximate surface area is 159 Å². The Morgan fingerprint density at radius 2 is 2.00 bits per heavy atom. The van der Waals surface area contributed by atoms with E-state index in [-0.39, 0.29) is 0 Å². The van der Waals surface area contributed by atoms with E-state index in [4.69, 9.17) is 9.97 Å². The number of aryl methyl sites for hydroxylation is 3. The third-order valence-electron chi connectivity index (χ3n) is 6.12. The molecule has 3 aliphatic rings. The fourth-order valence-electron chi connectivity index (χ4n) is 4.73. The van der Waals surface area contributed by atoms with Crippen LogP contribution in [0, 0.1) is 6.92 Å². The normalized spacial score (nSPS) is 20.8. The van der Waals surface area contributed by atoms with Gasteiger partial charge in [0.2, 0.25) is 5.95 Å². The van der Waals surface area contributed by atoms with Gasteiger partial charge < -0.3 is 4.90 Å². The number of hydrogen-bond acceptors (Lipinski definition) is 5.